The minimum Gasteiger partial charge on any atom is -0.457 e. The summed E-state index contributed by atoms with van der Waals surface area (Å²) in [7, 11) is 0. The van der Waals surface area contributed by atoms with Crippen molar-refractivity contribution in [3.05, 3.63) is 142 Å². The van der Waals surface area contributed by atoms with E-state index in [-0.39, 0.29) is 11.6 Å². The van der Waals surface area contributed by atoms with Crippen LogP contribution in [0.5, 0.6) is 0 Å². The molecule has 0 amide bonds. The van der Waals surface area contributed by atoms with Gasteiger partial charge in [0, 0.05) is 26.1 Å². The molecule has 0 unspecified atom stereocenters. The van der Waals surface area contributed by atoms with Gasteiger partial charge in [-0.1, -0.05) is 91.7 Å². The van der Waals surface area contributed by atoms with Crippen molar-refractivity contribution in [1.29, 1.82) is 0 Å². The van der Waals surface area contributed by atoms with Crippen LogP contribution < -0.4 is 14.9 Å². The molecule has 0 saturated carbocycles. The number of allylic oxidation sites excluding steroid dienone is 1. The number of hydrogen-bond acceptors (Lipinski definition) is 4. The number of benzene rings is 3. The average Bonchev–Trinajstić information content (AvgIpc) is 3.52. The lowest BCUT2D eigenvalue weighted by atomic mass is 9.83. The number of aryl methyl sites for hydroxylation is 1. The maximum Gasteiger partial charge on any atom is 0.271 e. The topological polar surface area (TPSA) is 47.5 Å². The van der Waals surface area contributed by atoms with Crippen LogP contribution in [0.4, 0.5) is 0 Å². The summed E-state index contributed by atoms with van der Waals surface area (Å²) in [5, 5.41) is 0. The fourth-order valence-corrected chi connectivity index (χ4v) is 6.97. The number of nitrogens with zero attached hydrogens (tertiary/aromatic N) is 2. The van der Waals surface area contributed by atoms with E-state index >= 15 is 0 Å². The number of hydrogen-bond donors (Lipinski definition) is 0. The van der Waals surface area contributed by atoms with Crippen LogP contribution in [0.1, 0.15) is 34.9 Å². The quantitative estimate of drug-likeness (QED) is 0.211. The molecule has 2 aliphatic rings. The van der Waals surface area contributed by atoms with Crippen LogP contribution in [0.2, 0.25) is 0 Å². The Bertz CT molecular complexity index is 1930. The number of furan rings is 1. The zero-order valence-electron chi connectivity index (χ0n) is 20.0. The van der Waals surface area contributed by atoms with Gasteiger partial charge in [-0.2, -0.15) is 0 Å². The molecule has 0 bridgehead atoms. The molecule has 186 valence electrons. The molecule has 2 aromatic heterocycles. The van der Waals surface area contributed by atoms with E-state index < -0.39 is 0 Å². The molecule has 7 rings (SSSR count). The summed E-state index contributed by atoms with van der Waals surface area (Å²) in [5.41, 5.74) is 6.67. The summed E-state index contributed by atoms with van der Waals surface area (Å²) in [4.78, 5) is 19.7. The highest BCUT2D eigenvalue weighted by Gasteiger charge is 2.32. The highest BCUT2D eigenvalue weighted by Crippen LogP contribution is 2.41. The molecule has 3 aromatic carbocycles. The number of aromatic nitrogens is 1. The van der Waals surface area contributed by atoms with Crippen LogP contribution in [0.15, 0.2) is 114 Å². The smallest absolute Gasteiger partial charge is 0.271 e. The minimum atomic E-state index is -0.196. The maximum absolute atomic E-state index is 13.9. The third-order valence-corrected chi connectivity index (χ3v) is 9.07. The Morgan fingerprint density at radius 1 is 0.921 bits per heavy atom. The third kappa shape index (κ3) is 4.10. The molecule has 1 aliphatic heterocycles. The Kier molecular flexibility index (Phi) is 5.95. The van der Waals surface area contributed by atoms with Crippen molar-refractivity contribution < 1.29 is 4.42 Å². The molecule has 0 radical (unpaired) electrons. The highest BCUT2D eigenvalue weighted by atomic mass is 79.9. The van der Waals surface area contributed by atoms with E-state index in [1.165, 1.54) is 22.5 Å². The first-order valence-corrected chi connectivity index (χ1v) is 14.7. The molecule has 1 aliphatic carbocycles. The number of thiazole rings is 1. The Morgan fingerprint density at radius 3 is 2.61 bits per heavy atom. The molecule has 4 nitrogen and oxygen atoms in total. The molecule has 38 heavy (non-hydrogen) atoms. The summed E-state index contributed by atoms with van der Waals surface area (Å²) in [6.45, 7) is 0. The molecule has 1 atom stereocenters. The Hall–Kier alpha value is -3.26. The summed E-state index contributed by atoms with van der Waals surface area (Å²) < 4.78 is 10.6. The largest absolute Gasteiger partial charge is 0.457 e. The van der Waals surface area contributed by atoms with Crippen LogP contribution in [-0.4, -0.2) is 4.57 Å². The van der Waals surface area contributed by atoms with Crippen LogP contribution in [0, 0.1) is 0 Å². The molecule has 5 aromatic rings. The van der Waals surface area contributed by atoms with Crippen LogP contribution in [0.25, 0.3) is 23.1 Å². The summed E-state index contributed by atoms with van der Waals surface area (Å²) >= 11 is 8.49. The SMILES string of the molecule is O=c1/c(=C/c2ccc(-c3cccc(Br)c3)o2)sc2n1[C@@H](c1ccc(Br)cc1)C1=C(N=2)c2ccccc2CC1. The molecule has 0 spiro atoms. The molecular formula is C31H20Br2N2O2S. The van der Waals surface area contributed by atoms with Crippen LogP contribution >= 0.6 is 43.2 Å². The van der Waals surface area contributed by atoms with E-state index in [2.05, 4.69) is 68.3 Å². The lowest BCUT2D eigenvalue weighted by Gasteiger charge is -2.30. The summed E-state index contributed by atoms with van der Waals surface area (Å²) in [6, 6.07) is 28.3. The van der Waals surface area contributed by atoms with Gasteiger partial charge in [0.15, 0.2) is 4.80 Å². The minimum absolute atomic E-state index is 0.0486. The number of fused-ring (bicyclic) bond motifs is 3. The van der Waals surface area contributed by atoms with E-state index in [0.29, 0.717) is 15.1 Å². The van der Waals surface area contributed by atoms with Gasteiger partial charge in [0.2, 0.25) is 0 Å². The molecule has 3 heterocycles. The second-order valence-corrected chi connectivity index (χ2v) is 12.2. The van der Waals surface area contributed by atoms with Gasteiger partial charge in [-0.15, -0.1) is 0 Å². The van der Waals surface area contributed by atoms with Crippen molar-refractivity contribution in [1.82, 2.24) is 4.57 Å². The second-order valence-electron chi connectivity index (χ2n) is 9.38. The van der Waals surface area contributed by atoms with Gasteiger partial charge in [0.1, 0.15) is 11.5 Å². The lowest BCUT2D eigenvalue weighted by molar-refractivity contribution is 0.570. The fourth-order valence-electron chi connectivity index (χ4n) is 5.32. The third-order valence-electron chi connectivity index (χ3n) is 7.07. The predicted octanol–water partition coefficient (Wildman–Crippen LogP) is 7.10. The Balaban J connectivity index is 1.40. The second kappa shape index (κ2) is 9.49. The first-order chi connectivity index (χ1) is 18.5. The number of rotatable bonds is 3. The van der Waals surface area contributed by atoms with Gasteiger partial charge in [-0.25, -0.2) is 4.99 Å². The van der Waals surface area contributed by atoms with Gasteiger partial charge in [0.25, 0.3) is 5.56 Å². The first-order valence-electron chi connectivity index (χ1n) is 12.3. The van der Waals surface area contributed by atoms with Crippen molar-refractivity contribution in [3.8, 4) is 11.3 Å². The monoisotopic (exact) mass is 642 g/mol. The molecule has 7 heteroatoms. The van der Waals surface area contributed by atoms with E-state index in [1.807, 2.05) is 59.2 Å². The first kappa shape index (κ1) is 23.8. The van der Waals surface area contributed by atoms with Crippen LogP contribution in [-0.2, 0) is 6.42 Å². The molecule has 0 fully saturated rings. The van der Waals surface area contributed by atoms with Gasteiger partial charge < -0.3 is 4.42 Å². The van der Waals surface area contributed by atoms with Gasteiger partial charge in [0.05, 0.1) is 16.3 Å². The van der Waals surface area contributed by atoms with E-state index in [9.17, 15) is 4.79 Å². The Morgan fingerprint density at radius 2 is 1.76 bits per heavy atom. The zero-order valence-corrected chi connectivity index (χ0v) is 24.0. The molecule has 0 saturated heterocycles. The normalized spacial score (nSPS) is 16.6. The van der Waals surface area contributed by atoms with E-state index in [0.717, 1.165) is 49.9 Å². The van der Waals surface area contributed by atoms with E-state index in [4.69, 9.17) is 9.41 Å². The molecule has 0 N–H and O–H groups in total. The highest BCUT2D eigenvalue weighted by molar-refractivity contribution is 9.10. The van der Waals surface area contributed by atoms with Crippen molar-refractivity contribution in [2.75, 3.05) is 0 Å². The average molecular weight is 644 g/mol. The van der Waals surface area contributed by atoms with Gasteiger partial charge in [-0.3, -0.25) is 9.36 Å². The van der Waals surface area contributed by atoms with Crippen LogP contribution in [0.3, 0.4) is 0 Å². The Labute approximate surface area is 239 Å². The van der Waals surface area contributed by atoms with E-state index in [1.54, 1.807) is 0 Å². The molecular weight excluding hydrogens is 624 g/mol. The standard InChI is InChI=1S/C31H20Br2N2O2S/c32-21-11-8-19(9-12-21)29-25-14-10-18-4-1-2-7-24(18)28(25)34-31-35(29)30(36)27(38-31)17-23-13-15-26(37-23)20-5-3-6-22(33)16-20/h1-9,11-13,15-17,29H,10,14H2/b27-17-/t29-/m0/s1. The van der Waals surface area contributed by atoms with Crippen molar-refractivity contribution >= 4 is 55.0 Å². The van der Waals surface area contributed by atoms with Crippen molar-refractivity contribution in [3.63, 3.8) is 0 Å². The number of halogens is 2. The summed E-state index contributed by atoms with van der Waals surface area (Å²) in [6.07, 6.45) is 3.64. The predicted molar refractivity (Wildman–Crippen MR) is 159 cm³/mol. The fraction of sp³-hybridized carbons (Fsp3) is 0.0968. The van der Waals surface area contributed by atoms with Crippen molar-refractivity contribution in [2.45, 2.75) is 18.9 Å². The zero-order chi connectivity index (χ0) is 25.8. The maximum atomic E-state index is 13.9. The lowest BCUT2D eigenvalue weighted by Crippen LogP contribution is -2.38. The van der Waals surface area contributed by atoms with Gasteiger partial charge in [-0.05, 0) is 65.9 Å². The van der Waals surface area contributed by atoms with Gasteiger partial charge >= 0.3 is 0 Å². The van der Waals surface area contributed by atoms with Crippen molar-refractivity contribution in [2.24, 2.45) is 4.99 Å². The summed E-state index contributed by atoms with van der Waals surface area (Å²) in [5.74, 6) is 1.39.